The van der Waals surface area contributed by atoms with E-state index in [1.807, 2.05) is 24.3 Å². The Labute approximate surface area is 131 Å². The number of carbonyl (C=O) groups excluding carboxylic acids is 3. The summed E-state index contributed by atoms with van der Waals surface area (Å²) in [7, 11) is 0. The van der Waals surface area contributed by atoms with Crippen molar-refractivity contribution in [2.24, 2.45) is 0 Å². The Morgan fingerprint density at radius 3 is 2.74 bits per heavy atom. The monoisotopic (exact) mass is 307 g/mol. The number of piperidine rings is 1. The first kappa shape index (κ1) is 12.6. The Morgan fingerprint density at radius 1 is 1.04 bits per heavy atom. The van der Waals surface area contributed by atoms with E-state index in [2.05, 4.69) is 10.6 Å². The molecule has 114 valence electrons. The average Bonchev–Trinajstić information content (AvgIpc) is 3.06. The van der Waals surface area contributed by atoms with Crippen LogP contribution in [0, 0.1) is 0 Å². The zero-order chi connectivity index (χ0) is 15.7. The van der Waals surface area contributed by atoms with Crippen molar-refractivity contribution in [2.75, 3.05) is 10.2 Å². The van der Waals surface area contributed by atoms with Crippen molar-refractivity contribution in [3.05, 3.63) is 35.4 Å². The zero-order valence-corrected chi connectivity index (χ0v) is 12.2. The first-order valence-corrected chi connectivity index (χ1v) is 7.65. The van der Waals surface area contributed by atoms with Gasteiger partial charge < -0.3 is 5.32 Å². The van der Waals surface area contributed by atoms with E-state index in [0.29, 0.717) is 12.0 Å². The van der Waals surface area contributed by atoms with Gasteiger partial charge in [0.2, 0.25) is 11.8 Å². The van der Waals surface area contributed by atoms with Gasteiger partial charge in [-0.15, -0.1) is 0 Å². The summed E-state index contributed by atoms with van der Waals surface area (Å²) in [5, 5.41) is 7.65. The highest BCUT2D eigenvalue weighted by molar-refractivity contribution is 6.29. The molecule has 1 saturated heterocycles. The molecule has 2 aromatic carbocycles. The summed E-state index contributed by atoms with van der Waals surface area (Å²) in [6.07, 6.45) is 0.614. The van der Waals surface area contributed by atoms with E-state index in [-0.39, 0.29) is 18.2 Å². The molecule has 6 nitrogen and oxygen atoms in total. The van der Waals surface area contributed by atoms with E-state index in [4.69, 9.17) is 0 Å². The Morgan fingerprint density at radius 2 is 1.91 bits per heavy atom. The quantitative estimate of drug-likeness (QED) is 0.783. The number of imide groups is 1. The molecule has 2 aromatic rings. The van der Waals surface area contributed by atoms with Crippen molar-refractivity contribution in [1.82, 2.24) is 5.32 Å². The third-order valence-electron chi connectivity index (χ3n) is 4.92. The van der Waals surface area contributed by atoms with Crippen molar-refractivity contribution in [1.29, 1.82) is 0 Å². The molecule has 1 unspecified atom stereocenters. The standard InChI is InChI=1S/C17H13N3O3/c21-13-6-5-12(16(22)19-13)20-11-4-3-10-14-8(7-18-10)1-2-9(15(11)14)17(20)23/h1-4,12,18H,5-7H2,(H,19,21,22). The molecular weight excluding hydrogens is 294 g/mol. The van der Waals surface area contributed by atoms with Gasteiger partial charge in [-0.25, -0.2) is 0 Å². The lowest BCUT2D eigenvalue weighted by Gasteiger charge is -2.30. The number of carbonyl (C=O) groups is 3. The van der Waals surface area contributed by atoms with Gasteiger partial charge in [0, 0.05) is 35.0 Å². The van der Waals surface area contributed by atoms with Crippen LogP contribution < -0.4 is 15.5 Å². The second-order valence-corrected chi connectivity index (χ2v) is 6.15. The average molecular weight is 307 g/mol. The molecule has 2 N–H and O–H groups in total. The van der Waals surface area contributed by atoms with Crippen molar-refractivity contribution in [3.8, 4) is 0 Å². The molecule has 0 aromatic heterocycles. The predicted octanol–water partition coefficient (Wildman–Crippen LogP) is 1.53. The molecule has 6 heteroatoms. The van der Waals surface area contributed by atoms with Crippen LogP contribution in [-0.4, -0.2) is 23.8 Å². The summed E-state index contributed by atoms with van der Waals surface area (Å²) in [5.74, 6) is -0.835. The molecule has 3 heterocycles. The summed E-state index contributed by atoms with van der Waals surface area (Å²) >= 11 is 0. The molecule has 1 atom stereocenters. The van der Waals surface area contributed by atoms with Gasteiger partial charge >= 0.3 is 0 Å². The molecule has 23 heavy (non-hydrogen) atoms. The lowest BCUT2D eigenvalue weighted by Crippen LogP contribution is -2.53. The highest BCUT2D eigenvalue weighted by Crippen LogP contribution is 2.45. The minimum absolute atomic E-state index is 0.162. The lowest BCUT2D eigenvalue weighted by atomic mass is 10.0. The van der Waals surface area contributed by atoms with Crippen LogP contribution in [0.25, 0.3) is 10.8 Å². The number of hydrogen-bond acceptors (Lipinski definition) is 4. The number of benzene rings is 2. The van der Waals surface area contributed by atoms with E-state index in [1.165, 1.54) is 5.56 Å². The summed E-state index contributed by atoms with van der Waals surface area (Å²) in [6, 6.07) is 7.02. The SMILES string of the molecule is O=C1CCC(N2C(=O)c3ccc4c5c(ccc2c35)NC4)C(=O)N1. The second-order valence-electron chi connectivity index (χ2n) is 6.15. The molecule has 0 spiro atoms. The van der Waals surface area contributed by atoms with Crippen LogP contribution in [0.5, 0.6) is 0 Å². The molecular formula is C17H13N3O3. The molecule has 3 aliphatic heterocycles. The normalized spacial score (nSPS) is 21.8. The molecule has 0 saturated carbocycles. The zero-order valence-electron chi connectivity index (χ0n) is 12.2. The fraction of sp³-hybridized carbons (Fsp3) is 0.235. The first-order valence-electron chi connectivity index (χ1n) is 7.65. The molecule has 0 aliphatic carbocycles. The smallest absolute Gasteiger partial charge is 0.259 e. The highest BCUT2D eigenvalue weighted by atomic mass is 16.2. The Balaban J connectivity index is 1.71. The maximum absolute atomic E-state index is 12.9. The van der Waals surface area contributed by atoms with Gasteiger partial charge in [0.25, 0.3) is 5.91 Å². The van der Waals surface area contributed by atoms with Crippen LogP contribution >= 0.6 is 0 Å². The van der Waals surface area contributed by atoms with Crippen molar-refractivity contribution in [3.63, 3.8) is 0 Å². The van der Waals surface area contributed by atoms with Gasteiger partial charge in [0.15, 0.2) is 0 Å². The maximum Gasteiger partial charge on any atom is 0.259 e. The van der Waals surface area contributed by atoms with Crippen LogP contribution in [-0.2, 0) is 16.1 Å². The maximum atomic E-state index is 12.9. The number of nitrogens with zero attached hydrogens (tertiary/aromatic N) is 1. The van der Waals surface area contributed by atoms with Crippen molar-refractivity contribution in [2.45, 2.75) is 25.4 Å². The molecule has 1 fully saturated rings. The van der Waals surface area contributed by atoms with E-state index in [9.17, 15) is 14.4 Å². The lowest BCUT2D eigenvalue weighted by molar-refractivity contribution is -0.134. The van der Waals surface area contributed by atoms with Gasteiger partial charge in [-0.2, -0.15) is 0 Å². The van der Waals surface area contributed by atoms with E-state index in [1.54, 1.807) is 4.90 Å². The number of hydrogen-bond donors (Lipinski definition) is 2. The number of anilines is 2. The van der Waals surface area contributed by atoms with Crippen LogP contribution in [0.1, 0.15) is 28.8 Å². The number of nitrogens with one attached hydrogen (secondary N) is 2. The van der Waals surface area contributed by atoms with Crippen molar-refractivity contribution < 1.29 is 14.4 Å². The minimum atomic E-state index is -0.626. The molecule has 0 radical (unpaired) electrons. The number of amides is 3. The third kappa shape index (κ3) is 1.50. The molecule has 5 rings (SSSR count). The van der Waals surface area contributed by atoms with Gasteiger partial charge in [0.05, 0.1) is 5.69 Å². The largest absolute Gasteiger partial charge is 0.380 e. The summed E-state index contributed by atoms with van der Waals surface area (Å²) < 4.78 is 0. The molecule has 3 amide bonds. The van der Waals surface area contributed by atoms with Crippen LogP contribution in [0.4, 0.5) is 11.4 Å². The Hall–Kier alpha value is -2.89. The molecule has 3 aliphatic rings. The topological polar surface area (TPSA) is 78.5 Å². The van der Waals surface area contributed by atoms with Gasteiger partial charge in [0.1, 0.15) is 6.04 Å². The van der Waals surface area contributed by atoms with E-state index >= 15 is 0 Å². The van der Waals surface area contributed by atoms with Crippen LogP contribution in [0.2, 0.25) is 0 Å². The first-order chi connectivity index (χ1) is 11.1. The second kappa shape index (κ2) is 4.10. The van der Waals surface area contributed by atoms with Gasteiger partial charge in [-0.3, -0.25) is 24.6 Å². The fourth-order valence-corrected chi connectivity index (χ4v) is 3.89. The van der Waals surface area contributed by atoms with E-state index < -0.39 is 11.9 Å². The Bertz CT molecular complexity index is 924. The summed E-state index contributed by atoms with van der Waals surface area (Å²) in [5.41, 5.74) is 3.59. The highest BCUT2D eigenvalue weighted by Gasteiger charge is 2.41. The van der Waals surface area contributed by atoms with E-state index in [0.717, 1.165) is 28.7 Å². The fourth-order valence-electron chi connectivity index (χ4n) is 3.89. The predicted molar refractivity (Wildman–Crippen MR) is 84.3 cm³/mol. The Kier molecular flexibility index (Phi) is 2.25. The minimum Gasteiger partial charge on any atom is -0.380 e. The van der Waals surface area contributed by atoms with Crippen molar-refractivity contribution >= 4 is 39.9 Å². The number of rotatable bonds is 1. The summed E-state index contributed by atoms with van der Waals surface area (Å²) in [6.45, 7) is 0.752. The van der Waals surface area contributed by atoms with Gasteiger partial charge in [-0.1, -0.05) is 6.07 Å². The summed E-state index contributed by atoms with van der Waals surface area (Å²) in [4.78, 5) is 38.0. The van der Waals surface area contributed by atoms with Crippen LogP contribution in [0.3, 0.4) is 0 Å². The third-order valence-corrected chi connectivity index (χ3v) is 4.92. The van der Waals surface area contributed by atoms with Gasteiger partial charge in [-0.05, 0) is 30.2 Å². The molecule has 0 bridgehead atoms. The van der Waals surface area contributed by atoms with Crippen LogP contribution in [0.15, 0.2) is 24.3 Å².